The molecule has 0 aromatic carbocycles. The molecule has 0 aliphatic carbocycles. The highest BCUT2D eigenvalue weighted by atomic mass is 16.1. The number of H-pyrrole nitrogens is 1. The molecule has 130 valence electrons. The standard InChI is InChI=1S/C19H18N6O/c1-12-8-18(26)24-19(22-12)14-6-7-16(20-9-14)21-10-15-11-25-13(2)4-3-5-17(25)23-15/h3-9,11H,10H2,1-2H3,(H,20,21)(H,22,24,26). The molecule has 0 amide bonds. The lowest BCUT2D eigenvalue weighted by Gasteiger charge is -2.05. The Morgan fingerprint density at radius 3 is 2.77 bits per heavy atom. The van der Waals surface area contributed by atoms with Gasteiger partial charge in [-0.1, -0.05) is 6.07 Å². The first kappa shape index (κ1) is 16.0. The van der Waals surface area contributed by atoms with Crippen molar-refractivity contribution < 1.29 is 0 Å². The maximum absolute atomic E-state index is 11.6. The Labute approximate surface area is 149 Å². The molecule has 0 fully saturated rings. The van der Waals surface area contributed by atoms with Crippen LogP contribution in [0.5, 0.6) is 0 Å². The van der Waals surface area contributed by atoms with Crippen molar-refractivity contribution in [3.05, 3.63) is 76.2 Å². The number of fused-ring (bicyclic) bond motifs is 1. The van der Waals surface area contributed by atoms with Crippen LogP contribution in [-0.2, 0) is 6.54 Å². The number of nitrogens with zero attached hydrogens (tertiary/aromatic N) is 4. The SMILES string of the molecule is Cc1cc(=O)[nH]c(-c2ccc(NCc3cn4c(C)cccc4n3)nc2)n1. The van der Waals surface area contributed by atoms with Crippen LogP contribution in [0.15, 0.2) is 53.6 Å². The third-order valence-corrected chi connectivity index (χ3v) is 4.10. The summed E-state index contributed by atoms with van der Waals surface area (Å²) in [5.41, 5.74) is 4.28. The molecule has 4 aromatic rings. The van der Waals surface area contributed by atoms with Crippen LogP contribution in [0.2, 0.25) is 0 Å². The van der Waals surface area contributed by atoms with Gasteiger partial charge in [0.25, 0.3) is 5.56 Å². The molecule has 2 N–H and O–H groups in total. The fraction of sp³-hybridized carbons (Fsp3) is 0.158. The van der Waals surface area contributed by atoms with Gasteiger partial charge in [0.15, 0.2) is 0 Å². The van der Waals surface area contributed by atoms with Crippen LogP contribution >= 0.6 is 0 Å². The molecule has 0 saturated carbocycles. The fourth-order valence-corrected chi connectivity index (χ4v) is 2.82. The van der Waals surface area contributed by atoms with E-state index in [1.165, 1.54) is 6.07 Å². The number of aromatic amines is 1. The normalized spacial score (nSPS) is 11.0. The lowest BCUT2D eigenvalue weighted by Crippen LogP contribution is -2.08. The van der Waals surface area contributed by atoms with E-state index in [-0.39, 0.29) is 5.56 Å². The topological polar surface area (TPSA) is 88.0 Å². The van der Waals surface area contributed by atoms with Crippen molar-refractivity contribution in [2.75, 3.05) is 5.32 Å². The number of imidazole rings is 1. The third-order valence-electron chi connectivity index (χ3n) is 4.10. The molecular formula is C19H18N6O. The molecule has 4 heterocycles. The molecule has 26 heavy (non-hydrogen) atoms. The van der Waals surface area contributed by atoms with Gasteiger partial charge >= 0.3 is 0 Å². The lowest BCUT2D eigenvalue weighted by atomic mass is 10.2. The minimum atomic E-state index is -0.170. The van der Waals surface area contributed by atoms with Gasteiger partial charge in [-0.25, -0.2) is 15.0 Å². The van der Waals surface area contributed by atoms with Gasteiger partial charge in [0, 0.05) is 35.4 Å². The zero-order chi connectivity index (χ0) is 18.1. The molecule has 7 nitrogen and oxygen atoms in total. The summed E-state index contributed by atoms with van der Waals surface area (Å²) in [6, 6.07) is 11.2. The second kappa shape index (κ2) is 6.44. The second-order valence-electron chi connectivity index (χ2n) is 6.15. The van der Waals surface area contributed by atoms with Gasteiger partial charge in [-0.3, -0.25) is 4.79 Å². The van der Waals surface area contributed by atoms with E-state index < -0.39 is 0 Å². The van der Waals surface area contributed by atoms with Crippen molar-refractivity contribution in [2.24, 2.45) is 0 Å². The van der Waals surface area contributed by atoms with Gasteiger partial charge in [0.05, 0.1) is 12.2 Å². The minimum absolute atomic E-state index is 0.170. The van der Waals surface area contributed by atoms with E-state index in [1.807, 2.05) is 30.5 Å². The van der Waals surface area contributed by atoms with Gasteiger partial charge in [-0.15, -0.1) is 0 Å². The van der Waals surface area contributed by atoms with E-state index in [1.54, 1.807) is 13.1 Å². The van der Waals surface area contributed by atoms with E-state index in [2.05, 4.69) is 42.6 Å². The number of hydrogen-bond donors (Lipinski definition) is 2. The minimum Gasteiger partial charge on any atom is -0.364 e. The maximum Gasteiger partial charge on any atom is 0.251 e. The van der Waals surface area contributed by atoms with Crippen LogP contribution in [0.1, 0.15) is 17.1 Å². The number of hydrogen-bond acceptors (Lipinski definition) is 5. The Balaban J connectivity index is 1.50. The summed E-state index contributed by atoms with van der Waals surface area (Å²) >= 11 is 0. The van der Waals surface area contributed by atoms with Crippen molar-refractivity contribution in [2.45, 2.75) is 20.4 Å². The molecule has 7 heteroatoms. The van der Waals surface area contributed by atoms with Crippen molar-refractivity contribution in [3.63, 3.8) is 0 Å². The monoisotopic (exact) mass is 346 g/mol. The first-order chi connectivity index (χ1) is 12.6. The number of anilines is 1. The van der Waals surface area contributed by atoms with Crippen LogP contribution in [0.3, 0.4) is 0 Å². The average Bonchev–Trinajstić information content (AvgIpc) is 3.04. The van der Waals surface area contributed by atoms with E-state index >= 15 is 0 Å². The summed E-state index contributed by atoms with van der Waals surface area (Å²) in [6.45, 7) is 4.42. The molecular weight excluding hydrogens is 328 g/mol. The molecule has 4 rings (SSSR count). The molecule has 0 aliphatic rings. The maximum atomic E-state index is 11.6. The van der Waals surface area contributed by atoms with E-state index in [9.17, 15) is 4.79 Å². The second-order valence-corrected chi connectivity index (χ2v) is 6.15. The summed E-state index contributed by atoms with van der Waals surface area (Å²) in [5.74, 6) is 1.25. The van der Waals surface area contributed by atoms with E-state index in [4.69, 9.17) is 0 Å². The largest absolute Gasteiger partial charge is 0.364 e. The predicted molar refractivity (Wildman–Crippen MR) is 100 cm³/mol. The average molecular weight is 346 g/mol. The van der Waals surface area contributed by atoms with Crippen LogP contribution in [-0.4, -0.2) is 24.3 Å². The Morgan fingerprint density at radius 2 is 2.04 bits per heavy atom. The van der Waals surface area contributed by atoms with Crippen molar-refractivity contribution in [1.29, 1.82) is 0 Å². The Kier molecular flexibility index (Phi) is 3.96. The lowest BCUT2D eigenvalue weighted by molar-refractivity contribution is 1.04. The summed E-state index contributed by atoms with van der Waals surface area (Å²) in [6.07, 6.45) is 3.71. The smallest absolute Gasteiger partial charge is 0.251 e. The Morgan fingerprint density at radius 1 is 1.15 bits per heavy atom. The molecule has 0 saturated heterocycles. The Hall–Kier alpha value is -3.48. The number of rotatable bonds is 4. The van der Waals surface area contributed by atoms with Crippen LogP contribution in [0, 0.1) is 13.8 Å². The quantitative estimate of drug-likeness (QED) is 0.593. The number of nitrogens with one attached hydrogen (secondary N) is 2. The zero-order valence-corrected chi connectivity index (χ0v) is 14.5. The van der Waals surface area contributed by atoms with Crippen LogP contribution in [0.25, 0.3) is 17.0 Å². The molecule has 0 bridgehead atoms. The molecule has 0 spiro atoms. The number of aryl methyl sites for hydroxylation is 2. The van der Waals surface area contributed by atoms with Gasteiger partial charge in [-0.2, -0.15) is 0 Å². The van der Waals surface area contributed by atoms with Gasteiger partial charge < -0.3 is 14.7 Å². The zero-order valence-electron chi connectivity index (χ0n) is 14.5. The van der Waals surface area contributed by atoms with Crippen molar-refractivity contribution in [1.82, 2.24) is 24.3 Å². The highest BCUT2D eigenvalue weighted by Gasteiger charge is 2.05. The summed E-state index contributed by atoms with van der Waals surface area (Å²) in [7, 11) is 0. The molecule has 0 aliphatic heterocycles. The molecule has 4 aromatic heterocycles. The van der Waals surface area contributed by atoms with Crippen LogP contribution in [0.4, 0.5) is 5.82 Å². The predicted octanol–water partition coefficient (Wildman–Crippen LogP) is 2.71. The third kappa shape index (κ3) is 3.19. The van der Waals surface area contributed by atoms with Gasteiger partial charge in [0.2, 0.25) is 0 Å². The summed E-state index contributed by atoms with van der Waals surface area (Å²) in [5, 5.41) is 3.26. The van der Waals surface area contributed by atoms with Crippen LogP contribution < -0.4 is 10.9 Å². The summed E-state index contributed by atoms with van der Waals surface area (Å²) in [4.78, 5) is 27.6. The molecule has 0 unspecified atom stereocenters. The first-order valence-electron chi connectivity index (χ1n) is 8.30. The molecule has 0 atom stereocenters. The van der Waals surface area contributed by atoms with E-state index in [0.717, 1.165) is 28.4 Å². The summed E-state index contributed by atoms with van der Waals surface area (Å²) < 4.78 is 2.06. The van der Waals surface area contributed by atoms with Gasteiger partial charge in [0.1, 0.15) is 17.3 Å². The van der Waals surface area contributed by atoms with Gasteiger partial charge in [-0.05, 0) is 38.1 Å². The highest BCUT2D eigenvalue weighted by molar-refractivity contribution is 5.56. The number of pyridine rings is 2. The Bertz CT molecular complexity index is 1130. The highest BCUT2D eigenvalue weighted by Crippen LogP contribution is 2.15. The number of aromatic nitrogens is 5. The van der Waals surface area contributed by atoms with E-state index in [0.29, 0.717) is 18.1 Å². The fourth-order valence-electron chi connectivity index (χ4n) is 2.82. The first-order valence-corrected chi connectivity index (χ1v) is 8.30. The molecule has 0 radical (unpaired) electrons. The van der Waals surface area contributed by atoms with Crippen molar-refractivity contribution in [3.8, 4) is 11.4 Å². The van der Waals surface area contributed by atoms with Crippen molar-refractivity contribution >= 4 is 11.5 Å².